The quantitative estimate of drug-likeness (QED) is 0.747. The average molecular weight is 458 g/mol. The minimum atomic E-state index is -0.409. The van der Waals surface area contributed by atoms with Crippen LogP contribution in [-0.4, -0.2) is 67.0 Å². The number of carbonyl (C=O) groups excluding carboxylic acids is 1. The smallest absolute Gasteiger partial charge is 0.260 e. The molecule has 3 aliphatic rings. The lowest BCUT2D eigenvalue weighted by molar-refractivity contribution is 0.100. The molecule has 1 unspecified atom stereocenters. The van der Waals surface area contributed by atoms with Crippen molar-refractivity contribution < 1.29 is 9.18 Å². The number of nitrogens with two attached hydrogens (primary N) is 1. The van der Waals surface area contributed by atoms with Gasteiger partial charge < -0.3 is 15.5 Å². The van der Waals surface area contributed by atoms with Gasteiger partial charge in [-0.25, -0.2) is 9.37 Å². The largest absolute Gasteiger partial charge is 0.365 e. The van der Waals surface area contributed by atoms with Crippen LogP contribution in [0.25, 0.3) is 0 Å². The number of halogens is 1. The van der Waals surface area contributed by atoms with Gasteiger partial charge in [0.2, 0.25) is 0 Å². The van der Waals surface area contributed by atoms with Crippen LogP contribution in [0.3, 0.4) is 0 Å². The summed E-state index contributed by atoms with van der Waals surface area (Å²) in [6, 6.07) is 6.25. The standard InChI is InChI=1S/C24H32FN5OS/c1-28(2)20-14-30(19-7-6-16-4-3-5-18(25)22(16)19)13-17(20)15-8-10-29(11-9-15)24-27-12-21(32-24)23(26)31/h3-5,12,15,17,19-20H,6-11,13-14H2,1-2H3,(H2,26,31)/t17-,19?,20+/m1/s1. The zero-order valence-electron chi connectivity index (χ0n) is 18.8. The molecule has 0 bridgehead atoms. The second-order valence-corrected chi connectivity index (χ2v) is 10.7. The summed E-state index contributed by atoms with van der Waals surface area (Å²) in [6.07, 6.45) is 5.82. The van der Waals surface area contributed by atoms with Crippen LogP contribution in [0.15, 0.2) is 24.4 Å². The molecule has 1 aliphatic carbocycles. The normalized spacial score (nSPS) is 26.8. The fourth-order valence-electron chi connectivity index (χ4n) is 6.13. The predicted molar refractivity (Wildman–Crippen MR) is 126 cm³/mol. The number of fused-ring (bicyclic) bond motifs is 1. The molecule has 3 heterocycles. The third-order valence-corrected chi connectivity index (χ3v) is 8.85. The van der Waals surface area contributed by atoms with Crippen LogP contribution in [0.1, 0.15) is 46.1 Å². The number of rotatable bonds is 5. The highest BCUT2D eigenvalue weighted by molar-refractivity contribution is 7.17. The highest BCUT2D eigenvalue weighted by atomic mass is 32.1. The van der Waals surface area contributed by atoms with Crippen molar-refractivity contribution in [1.82, 2.24) is 14.8 Å². The molecule has 2 N–H and O–H groups in total. The van der Waals surface area contributed by atoms with Gasteiger partial charge >= 0.3 is 0 Å². The summed E-state index contributed by atoms with van der Waals surface area (Å²) in [5.74, 6) is 0.775. The Hall–Kier alpha value is -2.03. The Balaban J connectivity index is 1.27. The summed E-state index contributed by atoms with van der Waals surface area (Å²) < 4.78 is 14.7. The Morgan fingerprint density at radius 2 is 2.00 bits per heavy atom. The Morgan fingerprint density at radius 1 is 1.22 bits per heavy atom. The van der Waals surface area contributed by atoms with Crippen LogP contribution in [0.5, 0.6) is 0 Å². The molecule has 0 radical (unpaired) electrons. The van der Waals surface area contributed by atoms with E-state index in [1.165, 1.54) is 16.9 Å². The molecule has 1 aromatic heterocycles. The molecule has 1 amide bonds. The van der Waals surface area contributed by atoms with Gasteiger partial charge in [-0.15, -0.1) is 0 Å². The molecular weight excluding hydrogens is 425 g/mol. The van der Waals surface area contributed by atoms with E-state index in [1.54, 1.807) is 12.3 Å². The first-order chi connectivity index (χ1) is 15.4. The van der Waals surface area contributed by atoms with E-state index < -0.39 is 5.91 Å². The number of carbonyl (C=O) groups is 1. The number of anilines is 1. The van der Waals surface area contributed by atoms with Crippen molar-refractivity contribution in [3.8, 4) is 0 Å². The van der Waals surface area contributed by atoms with Crippen LogP contribution in [0.4, 0.5) is 9.52 Å². The number of likely N-dealkylation sites (N-methyl/N-ethyl adjacent to an activating group) is 1. The van der Waals surface area contributed by atoms with Crippen LogP contribution in [0, 0.1) is 17.7 Å². The second-order valence-electron chi connectivity index (χ2n) is 9.71. The van der Waals surface area contributed by atoms with Gasteiger partial charge in [-0.1, -0.05) is 23.5 Å². The number of amides is 1. The SMILES string of the molecule is CN(C)[C@H]1CN(C2CCc3cccc(F)c32)C[C@@H]1C1CCN(c2ncc(C(N)=O)s2)CC1. The van der Waals surface area contributed by atoms with Crippen molar-refractivity contribution in [3.05, 3.63) is 46.2 Å². The highest BCUT2D eigenvalue weighted by Crippen LogP contribution is 2.43. The average Bonchev–Trinajstić information content (AvgIpc) is 3.51. The summed E-state index contributed by atoms with van der Waals surface area (Å²) in [6.45, 7) is 3.95. The molecule has 6 nitrogen and oxygen atoms in total. The molecule has 0 saturated carbocycles. The lowest BCUT2D eigenvalue weighted by Gasteiger charge is -2.38. The minimum Gasteiger partial charge on any atom is -0.365 e. The van der Waals surface area contributed by atoms with E-state index in [9.17, 15) is 9.18 Å². The number of benzene rings is 1. The molecule has 2 aromatic rings. The lowest BCUT2D eigenvalue weighted by atomic mass is 9.81. The molecule has 2 saturated heterocycles. The van der Waals surface area contributed by atoms with Crippen molar-refractivity contribution in [2.45, 2.75) is 37.8 Å². The van der Waals surface area contributed by atoms with Crippen molar-refractivity contribution in [2.24, 2.45) is 17.6 Å². The fraction of sp³-hybridized carbons (Fsp3) is 0.583. The van der Waals surface area contributed by atoms with Crippen LogP contribution < -0.4 is 10.6 Å². The number of likely N-dealkylation sites (tertiary alicyclic amines) is 1. The number of hydrogen-bond acceptors (Lipinski definition) is 6. The van der Waals surface area contributed by atoms with E-state index in [-0.39, 0.29) is 11.9 Å². The third kappa shape index (κ3) is 3.93. The molecule has 2 fully saturated rings. The molecule has 3 atom stereocenters. The Bertz CT molecular complexity index is 987. The molecule has 2 aliphatic heterocycles. The first kappa shape index (κ1) is 21.8. The Morgan fingerprint density at radius 3 is 2.69 bits per heavy atom. The van der Waals surface area contributed by atoms with E-state index in [1.807, 2.05) is 6.07 Å². The van der Waals surface area contributed by atoms with Crippen molar-refractivity contribution in [1.29, 1.82) is 0 Å². The zero-order chi connectivity index (χ0) is 22.4. The van der Waals surface area contributed by atoms with Crippen molar-refractivity contribution >= 4 is 22.4 Å². The van der Waals surface area contributed by atoms with Gasteiger partial charge in [-0.3, -0.25) is 9.69 Å². The molecule has 1 aromatic carbocycles. The summed E-state index contributed by atoms with van der Waals surface area (Å²) in [5, 5.41) is 0.896. The molecule has 172 valence electrons. The third-order valence-electron chi connectivity index (χ3n) is 7.78. The first-order valence-corrected chi connectivity index (χ1v) is 12.4. The monoisotopic (exact) mass is 457 g/mol. The summed E-state index contributed by atoms with van der Waals surface area (Å²) in [5.41, 5.74) is 7.52. The van der Waals surface area contributed by atoms with E-state index in [0.717, 1.165) is 62.6 Å². The number of primary amides is 1. The maximum absolute atomic E-state index is 14.7. The van der Waals surface area contributed by atoms with Gasteiger partial charge in [0.15, 0.2) is 5.13 Å². The molecule has 5 rings (SSSR count). The van der Waals surface area contributed by atoms with Crippen LogP contribution in [0.2, 0.25) is 0 Å². The van der Waals surface area contributed by atoms with E-state index >= 15 is 0 Å². The summed E-state index contributed by atoms with van der Waals surface area (Å²) in [4.78, 5) is 23.5. The Labute approximate surface area is 193 Å². The van der Waals surface area contributed by atoms with Crippen molar-refractivity contribution in [3.63, 3.8) is 0 Å². The lowest BCUT2D eigenvalue weighted by Crippen LogP contribution is -2.43. The van der Waals surface area contributed by atoms with Crippen molar-refractivity contribution in [2.75, 3.05) is 45.2 Å². The van der Waals surface area contributed by atoms with Crippen LogP contribution in [-0.2, 0) is 6.42 Å². The molecule has 8 heteroatoms. The first-order valence-electron chi connectivity index (χ1n) is 11.6. The highest BCUT2D eigenvalue weighted by Gasteiger charge is 2.44. The van der Waals surface area contributed by atoms with Gasteiger partial charge in [0.05, 0.1) is 6.20 Å². The van der Waals surface area contributed by atoms with Gasteiger partial charge in [0, 0.05) is 43.8 Å². The number of hydrogen-bond donors (Lipinski definition) is 1. The summed E-state index contributed by atoms with van der Waals surface area (Å²) >= 11 is 1.39. The number of aromatic nitrogens is 1. The van der Waals surface area contributed by atoms with Crippen LogP contribution >= 0.6 is 11.3 Å². The fourth-order valence-corrected chi connectivity index (χ4v) is 6.94. The number of piperidine rings is 1. The van der Waals surface area contributed by atoms with E-state index in [0.29, 0.717) is 22.8 Å². The molecule has 0 spiro atoms. The topological polar surface area (TPSA) is 65.7 Å². The second kappa shape index (κ2) is 8.72. The predicted octanol–water partition coefficient (Wildman–Crippen LogP) is 3.15. The maximum Gasteiger partial charge on any atom is 0.260 e. The number of nitrogens with zero attached hydrogens (tertiary/aromatic N) is 4. The maximum atomic E-state index is 14.7. The minimum absolute atomic E-state index is 0.0399. The van der Waals surface area contributed by atoms with Gasteiger partial charge in [0.1, 0.15) is 10.7 Å². The summed E-state index contributed by atoms with van der Waals surface area (Å²) in [7, 11) is 4.36. The zero-order valence-corrected chi connectivity index (χ0v) is 19.7. The van der Waals surface area contributed by atoms with Gasteiger partial charge in [-0.05, 0) is 63.2 Å². The van der Waals surface area contributed by atoms with Gasteiger partial charge in [-0.2, -0.15) is 0 Å². The Kier molecular flexibility index (Phi) is 5.94. The molecular formula is C24H32FN5OS. The van der Waals surface area contributed by atoms with E-state index in [2.05, 4.69) is 39.8 Å². The van der Waals surface area contributed by atoms with Gasteiger partial charge in [0.25, 0.3) is 5.91 Å². The van der Waals surface area contributed by atoms with E-state index in [4.69, 9.17) is 5.73 Å². The number of aryl methyl sites for hydroxylation is 1. The molecule has 32 heavy (non-hydrogen) atoms. The number of thiazole rings is 1.